The van der Waals surface area contributed by atoms with Crippen molar-refractivity contribution in [2.75, 3.05) is 7.05 Å². The van der Waals surface area contributed by atoms with Gasteiger partial charge in [0.05, 0.1) is 5.56 Å². The molecule has 0 aliphatic rings. The Kier molecular flexibility index (Phi) is 5.12. The van der Waals surface area contributed by atoms with Gasteiger partial charge in [0, 0.05) is 17.6 Å². The maximum absolute atomic E-state index is 13.1. The van der Waals surface area contributed by atoms with Crippen LogP contribution in [-0.4, -0.2) is 23.9 Å². The van der Waals surface area contributed by atoms with Gasteiger partial charge in [0.25, 0.3) is 5.91 Å². The lowest BCUT2D eigenvalue weighted by molar-refractivity contribution is 0.0735. The van der Waals surface area contributed by atoms with E-state index in [2.05, 4.69) is 22.9 Å². The first-order valence-corrected chi connectivity index (χ1v) is 6.48. The van der Waals surface area contributed by atoms with Crippen LogP contribution in [-0.2, 0) is 0 Å². The van der Waals surface area contributed by atoms with Crippen LogP contribution in [0, 0.1) is 5.82 Å². The van der Waals surface area contributed by atoms with E-state index in [1.165, 1.54) is 12.1 Å². The summed E-state index contributed by atoms with van der Waals surface area (Å²) in [6.45, 7) is 4.07. The van der Waals surface area contributed by atoms with Crippen LogP contribution in [0.1, 0.15) is 37.0 Å². The third-order valence-corrected chi connectivity index (χ3v) is 3.54. The van der Waals surface area contributed by atoms with E-state index >= 15 is 0 Å². The van der Waals surface area contributed by atoms with Gasteiger partial charge in [-0.25, -0.2) is 4.39 Å². The highest BCUT2D eigenvalue weighted by Gasteiger charge is 2.19. The molecule has 0 aromatic heterocycles. The Morgan fingerprint density at radius 1 is 1.53 bits per heavy atom. The van der Waals surface area contributed by atoms with E-state index in [4.69, 9.17) is 0 Å². The third-order valence-electron chi connectivity index (χ3n) is 2.85. The zero-order chi connectivity index (χ0) is 13.0. The average Bonchev–Trinajstić information content (AvgIpc) is 2.30. The highest BCUT2D eigenvalue weighted by Crippen LogP contribution is 2.20. The van der Waals surface area contributed by atoms with Crippen molar-refractivity contribution in [1.82, 2.24) is 4.90 Å². The van der Waals surface area contributed by atoms with Crippen LogP contribution in [0.4, 0.5) is 4.39 Å². The summed E-state index contributed by atoms with van der Waals surface area (Å²) in [5.74, 6) is -0.551. The number of amides is 1. The van der Waals surface area contributed by atoms with Gasteiger partial charge in [-0.05, 0) is 47.5 Å². The molecule has 0 N–H and O–H groups in total. The zero-order valence-corrected chi connectivity index (χ0v) is 11.9. The molecule has 0 spiro atoms. The predicted molar refractivity (Wildman–Crippen MR) is 70.6 cm³/mol. The van der Waals surface area contributed by atoms with Crippen molar-refractivity contribution in [3.63, 3.8) is 0 Å². The van der Waals surface area contributed by atoms with Gasteiger partial charge in [-0.3, -0.25) is 4.79 Å². The summed E-state index contributed by atoms with van der Waals surface area (Å²) in [6, 6.07) is 4.31. The van der Waals surface area contributed by atoms with Crippen LogP contribution in [0.3, 0.4) is 0 Å². The second kappa shape index (κ2) is 6.15. The van der Waals surface area contributed by atoms with E-state index in [0.717, 1.165) is 12.8 Å². The molecule has 0 fully saturated rings. The van der Waals surface area contributed by atoms with Gasteiger partial charge in [0.15, 0.2) is 0 Å². The molecule has 0 heterocycles. The standard InChI is InChI=1S/C13H17BrFNO/c1-4-5-9(2)16(3)13(17)11-8-10(15)6-7-12(11)14/h6-9H,4-5H2,1-3H3. The normalized spacial score (nSPS) is 12.3. The lowest BCUT2D eigenvalue weighted by atomic mass is 10.1. The molecular weight excluding hydrogens is 285 g/mol. The maximum Gasteiger partial charge on any atom is 0.255 e. The third kappa shape index (κ3) is 3.53. The van der Waals surface area contributed by atoms with E-state index in [9.17, 15) is 9.18 Å². The van der Waals surface area contributed by atoms with Crippen molar-refractivity contribution >= 4 is 21.8 Å². The van der Waals surface area contributed by atoms with E-state index in [0.29, 0.717) is 10.0 Å². The fourth-order valence-electron chi connectivity index (χ4n) is 1.66. The molecule has 1 rings (SSSR count). The molecule has 4 heteroatoms. The molecule has 0 saturated heterocycles. The lowest BCUT2D eigenvalue weighted by Crippen LogP contribution is -2.35. The second-order valence-corrected chi connectivity index (χ2v) is 5.03. The van der Waals surface area contributed by atoms with Gasteiger partial charge in [0.2, 0.25) is 0 Å². The summed E-state index contributed by atoms with van der Waals surface area (Å²) in [5, 5.41) is 0. The van der Waals surface area contributed by atoms with Gasteiger partial charge in [-0.15, -0.1) is 0 Å². The SMILES string of the molecule is CCCC(C)N(C)C(=O)c1cc(F)ccc1Br. The fraction of sp³-hybridized carbons (Fsp3) is 0.462. The van der Waals surface area contributed by atoms with Crippen LogP contribution < -0.4 is 0 Å². The Labute approximate surface area is 110 Å². The lowest BCUT2D eigenvalue weighted by Gasteiger charge is -2.25. The molecule has 0 bridgehead atoms. The molecule has 0 aliphatic heterocycles. The van der Waals surface area contributed by atoms with Crippen LogP contribution in [0.15, 0.2) is 22.7 Å². The van der Waals surface area contributed by atoms with Crippen molar-refractivity contribution in [3.8, 4) is 0 Å². The van der Waals surface area contributed by atoms with Gasteiger partial charge in [-0.2, -0.15) is 0 Å². The Balaban J connectivity index is 2.92. The van der Waals surface area contributed by atoms with E-state index < -0.39 is 5.82 Å². The largest absolute Gasteiger partial charge is 0.339 e. The van der Waals surface area contributed by atoms with Gasteiger partial charge in [-0.1, -0.05) is 13.3 Å². The molecule has 1 unspecified atom stereocenters. The van der Waals surface area contributed by atoms with E-state index in [1.54, 1.807) is 18.0 Å². The molecule has 0 radical (unpaired) electrons. The number of carbonyl (C=O) groups is 1. The maximum atomic E-state index is 13.1. The molecule has 1 aromatic carbocycles. The minimum Gasteiger partial charge on any atom is -0.339 e. The summed E-state index contributed by atoms with van der Waals surface area (Å²) in [4.78, 5) is 13.8. The van der Waals surface area contributed by atoms with Crippen molar-refractivity contribution in [2.24, 2.45) is 0 Å². The Morgan fingerprint density at radius 2 is 2.18 bits per heavy atom. The minimum absolute atomic E-state index is 0.155. The molecule has 17 heavy (non-hydrogen) atoms. The molecule has 1 aromatic rings. The van der Waals surface area contributed by atoms with Crippen molar-refractivity contribution in [1.29, 1.82) is 0 Å². The first-order valence-electron chi connectivity index (χ1n) is 5.69. The molecule has 0 saturated carbocycles. The Hall–Kier alpha value is -0.900. The molecular formula is C13H17BrFNO. The number of hydrogen-bond donors (Lipinski definition) is 0. The predicted octanol–water partition coefficient (Wildman–Crippen LogP) is 3.85. The molecule has 94 valence electrons. The van der Waals surface area contributed by atoms with Crippen molar-refractivity contribution < 1.29 is 9.18 Å². The summed E-state index contributed by atoms with van der Waals surface area (Å²) in [5.41, 5.74) is 0.371. The number of rotatable bonds is 4. The van der Waals surface area contributed by atoms with Gasteiger partial charge in [0.1, 0.15) is 5.82 Å². The smallest absolute Gasteiger partial charge is 0.255 e. The highest BCUT2D eigenvalue weighted by molar-refractivity contribution is 9.10. The summed E-state index contributed by atoms with van der Waals surface area (Å²) >= 11 is 3.27. The summed E-state index contributed by atoms with van der Waals surface area (Å²) in [6.07, 6.45) is 1.96. The minimum atomic E-state index is -0.395. The quantitative estimate of drug-likeness (QED) is 0.827. The zero-order valence-electron chi connectivity index (χ0n) is 10.3. The van der Waals surface area contributed by atoms with Gasteiger partial charge < -0.3 is 4.90 Å². The molecule has 2 nitrogen and oxygen atoms in total. The number of nitrogens with zero attached hydrogens (tertiary/aromatic N) is 1. The van der Waals surface area contributed by atoms with Crippen LogP contribution >= 0.6 is 15.9 Å². The second-order valence-electron chi connectivity index (χ2n) is 4.18. The fourth-order valence-corrected chi connectivity index (χ4v) is 2.08. The summed E-state index contributed by atoms with van der Waals surface area (Å²) < 4.78 is 13.8. The van der Waals surface area contributed by atoms with Crippen LogP contribution in [0.25, 0.3) is 0 Å². The molecule has 1 amide bonds. The van der Waals surface area contributed by atoms with Crippen molar-refractivity contribution in [3.05, 3.63) is 34.1 Å². The van der Waals surface area contributed by atoms with Crippen LogP contribution in [0.5, 0.6) is 0 Å². The summed E-state index contributed by atoms with van der Waals surface area (Å²) in [7, 11) is 1.75. The Bertz CT molecular complexity index is 408. The first kappa shape index (κ1) is 14.2. The number of carbonyl (C=O) groups excluding carboxylic acids is 1. The van der Waals surface area contributed by atoms with Crippen molar-refractivity contribution in [2.45, 2.75) is 32.7 Å². The number of benzene rings is 1. The highest BCUT2D eigenvalue weighted by atomic mass is 79.9. The Morgan fingerprint density at radius 3 is 2.76 bits per heavy atom. The van der Waals surface area contributed by atoms with E-state index in [1.807, 2.05) is 6.92 Å². The molecule has 0 aliphatic carbocycles. The van der Waals surface area contributed by atoms with E-state index in [-0.39, 0.29) is 11.9 Å². The topological polar surface area (TPSA) is 20.3 Å². The molecule has 1 atom stereocenters. The number of hydrogen-bond acceptors (Lipinski definition) is 1. The average molecular weight is 302 g/mol. The number of halogens is 2. The monoisotopic (exact) mass is 301 g/mol. The van der Waals surface area contributed by atoms with Gasteiger partial charge >= 0.3 is 0 Å². The van der Waals surface area contributed by atoms with Crippen LogP contribution in [0.2, 0.25) is 0 Å². The first-order chi connectivity index (χ1) is 7.97.